The Balaban J connectivity index is 1.75. The molecule has 0 amide bonds. The molecule has 0 aliphatic carbocycles. The lowest BCUT2D eigenvalue weighted by Crippen LogP contribution is -2.47. The van der Waals surface area contributed by atoms with Gasteiger partial charge in [0, 0.05) is 35.9 Å². The summed E-state index contributed by atoms with van der Waals surface area (Å²) in [4.78, 5) is 0. The number of para-hydroxylation sites is 1. The fourth-order valence-corrected chi connectivity index (χ4v) is 2.67. The monoisotopic (exact) mass is 259 g/mol. The normalized spacial score (nSPS) is 17.6. The van der Waals surface area contributed by atoms with Crippen LogP contribution in [0.5, 0.6) is 0 Å². The van der Waals surface area contributed by atoms with Gasteiger partial charge in [0.1, 0.15) is 11.3 Å². The lowest BCUT2D eigenvalue weighted by molar-refractivity contribution is -0.0991. The first kappa shape index (κ1) is 12.7. The van der Waals surface area contributed by atoms with E-state index in [-0.39, 0.29) is 0 Å². The first-order valence-corrected chi connectivity index (χ1v) is 6.99. The van der Waals surface area contributed by atoms with Gasteiger partial charge in [0.05, 0.1) is 13.2 Å². The van der Waals surface area contributed by atoms with Gasteiger partial charge in [0.15, 0.2) is 0 Å². The summed E-state index contributed by atoms with van der Waals surface area (Å²) in [6.45, 7) is 8.00. The molecule has 1 aliphatic rings. The zero-order valence-corrected chi connectivity index (χ0v) is 11.7. The smallest absolute Gasteiger partial charge is 0.134 e. The highest BCUT2D eigenvalue weighted by atomic mass is 16.5. The van der Waals surface area contributed by atoms with Gasteiger partial charge >= 0.3 is 0 Å². The number of nitrogens with one attached hydrogen (secondary N) is 1. The van der Waals surface area contributed by atoms with Crippen molar-refractivity contribution in [3.63, 3.8) is 0 Å². The van der Waals surface area contributed by atoms with Gasteiger partial charge in [-0.2, -0.15) is 0 Å². The summed E-state index contributed by atoms with van der Waals surface area (Å²) in [6, 6.07) is 8.28. The van der Waals surface area contributed by atoms with Gasteiger partial charge in [-0.15, -0.1) is 0 Å². The first-order chi connectivity index (χ1) is 9.22. The number of hydrogen-bond donors (Lipinski definition) is 1. The van der Waals surface area contributed by atoms with Crippen molar-refractivity contribution in [3.8, 4) is 0 Å². The van der Waals surface area contributed by atoms with Crippen LogP contribution in [0.2, 0.25) is 0 Å². The predicted molar refractivity (Wildman–Crippen MR) is 76.2 cm³/mol. The largest absolute Gasteiger partial charge is 0.461 e. The van der Waals surface area contributed by atoms with Gasteiger partial charge in [-0.05, 0) is 6.07 Å². The van der Waals surface area contributed by atoms with Crippen LogP contribution in [0, 0.1) is 5.41 Å². The van der Waals surface area contributed by atoms with Crippen molar-refractivity contribution in [1.29, 1.82) is 0 Å². The standard InChI is InChI=1S/C16H21NO2/c1-3-14-13(8-17-9-16(2)10-18-11-16)12-6-4-5-7-15(12)19-14/h4-7,17H,3,8-11H2,1-2H3. The Morgan fingerprint density at radius 3 is 2.74 bits per heavy atom. The predicted octanol–water partition coefficient (Wildman–Crippen LogP) is 3.12. The highest BCUT2D eigenvalue weighted by Crippen LogP contribution is 2.28. The summed E-state index contributed by atoms with van der Waals surface area (Å²) >= 11 is 0. The molecule has 0 saturated carbocycles. The van der Waals surface area contributed by atoms with Gasteiger partial charge < -0.3 is 14.5 Å². The van der Waals surface area contributed by atoms with Crippen LogP contribution in [-0.4, -0.2) is 19.8 Å². The molecule has 19 heavy (non-hydrogen) atoms. The Kier molecular flexibility index (Phi) is 3.33. The summed E-state index contributed by atoms with van der Waals surface area (Å²) in [5, 5.41) is 4.79. The zero-order valence-electron chi connectivity index (χ0n) is 11.7. The van der Waals surface area contributed by atoms with E-state index in [0.717, 1.165) is 44.1 Å². The molecule has 0 radical (unpaired) electrons. The lowest BCUT2D eigenvalue weighted by atomic mass is 9.88. The molecule has 1 fully saturated rings. The minimum absolute atomic E-state index is 0.311. The van der Waals surface area contributed by atoms with E-state index in [1.807, 2.05) is 12.1 Å². The molecule has 2 heterocycles. The average Bonchev–Trinajstić information content (AvgIpc) is 2.75. The molecule has 1 aromatic carbocycles. The highest BCUT2D eigenvalue weighted by Gasteiger charge is 2.32. The van der Waals surface area contributed by atoms with Gasteiger partial charge in [-0.1, -0.05) is 32.0 Å². The average molecular weight is 259 g/mol. The Hall–Kier alpha value is -1.32. The minimum atomic E-state index is 0.311. The molecule has 0 bridgehead atoms. The first-order valence-electron chi connectivity index (χ1n) is 6.99. The number of rotatable bonds is 5. The second-order valence-electron chi connectivity index (χ2n) is 5.76. The second kappa shape index (κ2) is 4.99. The fraction of sp³-hybridized carbons (Fsp3) is 0.500. The molecule has 1 saturated heterocycles. The number of fused-ring (bicyclic) bond motifs is 1. The quantitative estimate of drug-likeness (QED) is 0.896. The minimum Gasteiger partial charge on any atom is -0.461 e. The highest BCUT2D eigenvalue weighted by molar-refractivity contribution is 5.82. The van der Waals surface area contributed by atoms with Crippen molar-refractivity contribution in [2.24, 2.45) is 5.41 Å². The lowest BCUT2D eigenvalue weighted by Gasteiger charge is -2.38. The van der Waals surface area contributed by atoms with E-state index in [1.54, 1.807) is 0 Å². The van der Waals surface area contributed by atoms with Crippen LogP contribution in [0.3, 0.4) is 0 Å². The zero-order chi connectivity index (χ0) is 13.3. The summed E-state index contributed by atoms with van der Waals surface area (Å²) in [5.74, 6) is 1.10. The van der Waals surface area contributed by atoms with E-state index in [1.165, 1.54) is 10.9 Å². The van der Waals surface area contributed by atoms with Crippen LogP contribution >= 0.6 is 0 Å². The van der Waals surface area contributed by atoms with Crippen molar-refractivity contribution in [2.45, 2.75) is 26.8 Å². The number of ether oxygens (including phenoxy) is 1. The molecule has 1 N–H and O–H groups in total. The maximum atomic E-state index is 5.91. The van der Waals surface area contributed by atoms with Gasteiger partial charge in [0.25, 0.3) is 0 Å². The molecule has 3 rings (SSSR count). The number of hydrogen-bond acceptors (Lipinski definition) is 3. The Bertz CT molecular complexity index is 569. The van der Waals surface area contributed by atoms with Crippen LogP contribution in [0.4, 0.5) is 0 Å². The summed E-state index contributed by atoms with van der Waals surface area (Å²) in [5.41, 5.74) is 2.61. The molecule has 3 heteroatoms. The SMILES string of the molecule is CCc1oc2ccccc2c1CNCC1(C)COC1. The summed E-state index contributed by atoms with van der Waals surface area (Å²) in [6.07, 6.45) is 0.937. The van der Waals surface area contributed by atoms with E-state index in [2.05, 4.69) is 31.3 Å². The van der Waals surface area contributed by atoms with Crippen LogP contribution in [0.1, 0.15) is 25.2 Å². The number of furan rings is 1. The fourth-order valence-electron chi connectivity index (χ4n) is 2.67. The molecule has 1 aromatic heterocycles. The van der Waals surface area contributed by atoms with Crippen LogP contribution in [-0.2, 0) is 17.7 Å². The van der Waals surface area contributed by atoms with Crippen molar-refractivity contribution in [2.75, 3.05) is 19.8 Å². The topological polar surface area (TPSA) is 34.4 Å². The Morgan fingerprint density at radius 1 is 1.26 bits per heavy atom. The van der Waals surface area contributed by atoms with E-state index < -0.39 is 0 Å². The number of aryl methyl sites for hydroxylation is 1. The maximum Gasteiger partial charge on any atom is 0.134 e. The molecule has 102 valence electrons. The third kappa shape index (κ3) is 2.40. The Morgan fingerprint density at radius 2 is 2.05 bits per heavy atom. The summed E-state index contributed by atoms with van der Waals surface area (Å²) in [7, 11) is 0. The van der Waals surface area contributed by atoms with Crippen LogP contribution in [0.15, 0.2) is 28.7 Å². The third-order valence-electron chi connectivity index (χ3n) is 3.86. The Labute approximate surface area is 113 Å². The van der Waals surface area contributed by atoms with E-state index in [9.17, 15) is 0 Å². The van der Waals surface area contributed by atoms with Crippen molar-refractivity contribution in [3.05, 3.63) is 35.6 Å². The molecule has 0 atom stereocenters. The van der Waals surface area contributed by atoms with E-state index >= 15 is 0 Å². The molecular weight excluding hydrogens is 238 g/mol. The number of benzene rings is 1. The molecule has 3 nitrogen and oxygen atoms in total. The van der Waals surface area contributed by atoms with Crippen LogP contribution < -0.4 is 5.32 Å². The van der Waals surface area contributed by atoms with E-state index in [0.29, 0.717) is 5.41 Å². The molecule has 1 aliphatic heterocycles. The molecule has 2 aromatic rings. The van der Waals surface area contributed by atoms with Gasteiger partial charge in [-0.3, -0.25) is 0 Å². The van der Waals surface area contributed by atoms with Crippen molar-refractivity contribution >= 4 is 11.0 Å². The maximum absolute atomic E-state index is 5.91. The van der Waals surface area contributed by atoms with E-state index in [4.69, 9.17) is 9.15 Å². The molecule has 0 unspecified atom stereocenters. The van der Waals surface area contributed by atoms with Crippen molar-refractivity contribution < 1.29 is 9.15 Å². The van der Waals surface area contributed by atoms with Crippen molar-refractivity contribution in [1.82, 2.24) is 5.32 Å². The third-order valence-corrected chi connectivity index (χ3v) is 3.86. The molecule has 0 spiro atoms. The molecular formula is C16H21NO2. The van der Waals surface area contributed by atoms with Gasteiger partial charge in [-0.25, -0.2) is 0 Å². The van der Waals surface area contributed by atoms with Gasteiger partial charge in [0.2, 0.25) is 0 Å². The summed E-state index contributed by atoms with van der Waals surface area (Å²) < 4.78 is 11.2. The second-order valence-corrected chi connectivity index (χ2v) is 5.76. The van der Waals surface area contributed by atoms with Crippen LogP contribution in [0.25, 0.3) is 11.0 Å².